The molecule has 2 aromatic rings. The second-order valence-electron chi connectivity index (χ2n) is 3.88. The van der Waals surface area contributed by atoms with Gasteiger partial charge in [0.25, 0.3) is 0 Å². The first-order valence-electron chi connectivity index (χ1n) is 5.90. The van der Waals surface area contributed by atoms with Crippen molar-refractivity contribution in [2.45, 2.75) is 9.79 Å². The van der Waals surface area contributed by atoms with E-state index in [0.717, 1.165) is 9.79 Å². The fraction of sp³-hybridized carbons (Fsp3) is 0.133. The Hall–Kier alpha value is -1.27. The third-order valence-corrected chi connectivity index (χ3v) is 3.85. The molecule has 0 unspecified atom stereocenters. The van der Waals surface area contributed by atoms with Gasteiger partial charge in [-0.2, -0.15) is 0 Å². The Morgan fingerprint density at radius 2 is 1.10 bits per heavy atom. The molecule has 0 aliphatic heterocycles. The zero-order chi connectivity index (χ0) is 14.4. The standard InChI is InChI=1S/C15H14O3S2/c1-17-19-13-7-3-11(4-8-13)15(16)12-5-9-14(10-6-12)20-18-2/h3-10H,1-2H3. The van der Waals surface area contributed by atoms with Crippen LogP contribution in [0.1, 0.15) is 15.9 Å². The number of carbonyl (C=O) groups excluding carboxylic acids is 1. The molecule has 5 heteroatoms. The molecular formula is C15H14O3S2. The summed E-state index contributed by atoms with van der Waals surface area (Å²) >= 11 is 2.54. The van der Waals surface area contributed by atoms with Crippen LogP contribution in [0.15, 0.2) is 58.3 Å². The van der Waals surface area contributed by atoms with E-state index in [9.17, 15) is 4.79 Å². The third-order valence-electron chi connectivity index (χ3n) is 2.59. The molecule has 3 nitrogen and oxygen atoms in total. The highest BCUT2D eigenvalue weighted by Crippen LogP contribution is 2.21. The van der Waals surface area contributed by atoms with Crippen molar-refractivity contribution in [3.8, 4) is 0 Å². The van der Waals surface area contributed by atoms with E-state index in [0.29, 0.717) is 11.1 Å². The summed E-state index contributed by atoms with van der Waals surface area (Å²) in [5.41, 5.74) is 1.33. The minimum Gasteiger partial charge on any atom is -0.314 e. The first kappa shape index (κ1) is 15.1. The SMILES string of the molecule is COSc1ccc(C(=O)c2ccc(SOC)cc2)cc1. The van der Waals surface area contributed by atoms with Gasteiger partial charge in [-0.3, -0.25) is 4.79 Å². The van der Waals surface area contributed by atoms with Crippen molar-refractivity contribution >= 4 is 29.9 Å². The van der Waals surface area contributed by atoms with Crippen molar-refractivity contribution in [3.63, 3.8) is 0 Å². The van der Waals surface area contributed by atoms with Gasteiger partial charge in [-0.1, -0.05) is 0 Å². The lowest BCUT2D eigenvalue weighted by Gasteiger charge is -2.04. The maximum absolute atomic E-state index is 12.3. The van der Waals surface area contributed by atoms with Crippen LogP contribution in [0.5, 0.6) is 0 Å². The van der Waals surface area contributed by atoms with Gasteiger partial charge in [0, 0.05) is 45.0 Å². The maximum Gasteiger partial charge on any atom is 0.193 e. The van der Waals surface area contributed by atoms with Crippen molar-refractivity contribution in [1.29, 1.82) is 0 Å². The second-order valence-corrected chi connectivity index (χ2v) is 5.82. The molecule has 0 amide bonds. The molecule has 0 saturated heterocycles. The molecule has 0 radical (unpaired) electrons. The summed E-state index contributed by atoms with van der Waals surface area (Å²) in [4.78, 5) is 14.2. The number of carbonyl (C=O) groups is 1. The van der Waals surface area contributed by atoms with E-state index >= 15 is 0 Å². The van der Waals surface area contributed by atoms with Gasteiger partial charge in [0.05, 0.1) is 14.2 Å². The highest BCUT2D eigenvalue weighted by molar-refractivity contribution is 7.94. The second kappa shape index (κ2) is 7.50. The first-order chi connectivity index (χ1) is 9.74. The summed E-state index contributed by atoms with van der Waals surface area (Å²) in [6, 6.07) is 14.7. The van der Waals surface area contributed by atoms with E-state index in [1.807, 2.05) is 48.5 Å². The van der Waals surface area contributed by atoms with Crippen LogP contribution in [-0.2, 0) is 8.37 Å². The monoisotopic (exact) mass is 306 g/mol. The fourth-order valence-corrected chi connectivity index (χ4v) is 2.56. The third kappa shape index (κ3) is 3.86. The molecule has 0 aliphatic rings. The molecule has 0 bridgehead atoms. The van der Waals surface area contributed by atoms with Crippen LogP contribution < -0.4 is 0 Å². The zero-order valence-corrected chi connectivity index (χ0v) is 12.8. The predicted octanol–water partition coefficient (Wildman–Crippen LogP) is 4.22. The molecule has 0 spiro atoms. The van der Waals surface area contributed by atoms with Gasteiger partial charge >= 0.3 is 0 Å². The Labute approximate surface area is 127 Å². The van der Waals surface area contributed by atoms with E-state index in [4.69, 9.17) is 8.37 Å². The van der Waals surface area contributed by atoms with Crippen molar-refractivity contribution in [3.05, 3.63) is 59.7 Å². The lowest BCUT2D eigenvalue weighted by Crippen LogP contribution is -2.00. The van der Waals surface area contributed by atoms with Crippen LogP contribution in [0.2, 0.25) is 0 Å². The molecule has 0 aromatic heterocycles. The number of benzene rings is 2. The molecule has 0 saturated carbocycles. The van der Waals surface area contributed by atoms with Crippen LogP contribution in [0.4, 0.5) is 0 Å². The van der Waals surface area contributed by atoms with E-state index in [1.54, 1.807) is 14.2 Å². The number of hydrogen-bond acceptors (Lipinski definition) is 5. The van der Waals surface area contributed by atoms with Crippen molar-refractivity contribution in [2.24, 2.45) is 0 Å². The topological polar surface area (TPSA) is 35.5 Å². The van der Waals surface area contributed by atoms with Crippen LogP contribution in [-0.4, -0.2) is 20.0 Å². The lowest BCUT2D eigenvalue weighted by molar-refractivity contribution is 0.103. The summed E-state index contributed by atoms with van der Waals surface area (Å²) in [6.45, 7) is 0. The average Bonchev–Trinajstić information content (AvgIpc) is 2.49. The molecule has 104 valence electrons. The smallest absolute Gasteiger partial charge is 0.193 e. The van der Waals surface area contributed by atoms with Gasteiger partial charge in [0.2, 0.25) is 0 Å². The lowest BCUT2D eigenvalue weighted by atomic mass is 10.0. The van der Waals surface area contributed by atoms with Crippen molar-refractivity contribution in [2.75, 3.05) is 14.2 Å². The molecule has 0 atom stereocenters. The number of hydrogen-bond donors (Lipinski definition) is 0. The van der Waals surface area contributed by atoms with Crippen LogP contribution in [0, 0.1) is 0 Å². The molecule has 0 heterocycles. The minimum atomic E-state index is 0.00735. The van der Waals surface area contributed by atoms with Crippen molar-refractivity contribution in [1.82, 2.24) is 0 Å². The van der Waals surface area contributed by atoms with Gasteiger partial charge in [-0.15, -0.1) is 0 Å². The highest BCUT2D eigenvalue weighted by atomic mass is 32.2. The normalized spacial score (nSPS) is 10.5. The van der Waals surface area contributed by atoms with Crippen LogP contribution in [0.3, 0.4) is 0 Å². The van der Waals surface area contributed by atoms with Gasteiger partial charge in [-0.25, -0.2) is 0 Å². The zero-order valence-electron chi connectivity index (χ0n) is 11.2. The summed E-state index contributed by atoms with van der Waals surface area (Å²) in [5.74, 6) is 0.00735. The van der Waals surface area contributed by atoms with E-state index in [-0.39, 0.29) is 5.78 Å². The van der Waals surface area contributed by atoms with Crippen LogP contribution in [0.25, 0.3) is 0 Å². The number of rotatable bonds is 6. The highest BCUT2D eigenvalue weighted by Gasteiger charge is 2.09. The van der Waals surface area contributed by atoms with Crippen molar-refractivity contribution < 1.29 is 13.2 Å². The molecule has 2 rings (SSSR count). The van der Waals surface area contributed by atoms with Gasteiger partial charge in [0.1, 0.15) is 0 Å². The molecule has 0 aliphatic carbocycles. The Morgan fingerprint density at radius 1 is 0.750 bits per heavy atom. The van der Waals surface area contributed by atoms with Gasteiger partial charge in [0.15, 0.2) is 5.78 Å². The molecule has 0 fully saturated rings. The molecule has 20 heavy (non-hydrogen) atoms. The molecular weight excluding hydrogens is 292 g/mol. The Morgan fingerprint density at radius 3 is 1.40 bits per heavy atom. The quantitative estimate of drug-likeness (QED) is 0.589. The first-order valence-corrected chi connectivity index (χ1v) is 7.39. The summed E-state index contributed by atoms with van der Waals surface area (Å²) in [7, 11) is 3.23. The Bertz CT molecular complexity index is 513. The summed E-state index contributed by atoms with van der Waals surface area (Å²) in [6.07, 6.45) is 0. The average molecular weight is 306 g/mol. The largest absolute Gasteiger partial charge is 0.314 e. The summed E-state index contributed by atoms with van der Waals surface area (Å²) in [5, 5.41) is 0. The molecule has 2 aromatic carbocycles. The van der Waals surface area contributed by atoms with Gasteiger partial charge < -0.3 is 8.37 Å². The maximum atomic E-state index is 12.3. The Kier molecular flexibility index (Phi) is 5.67. The minimum absolute atomic E-state index is 0.00735. The van der Waals surface area contributed by atoms with Crippen LogP contribution >= 0.6 is 24.1 Å². The predicted molar refractivity (Wildman–Crippen MR) is 82.0 cm³/mol. The number of ketones is 1. The summed E-state index contributed by atoms with van der Waals surface area (Å²) < 4.78 is 9.93. The Balaban J connectivity index is 2.13. The van der Waals surface area contributed by atoms with E-state index < -0.39 is 0 Å². The van der Waals surface area contributed by atoms with Gasteiger partial charge in [-0.05, 0) is 48.5 Å². The van der Waals surface area contributed by atoms with E-state index in [2.05, 4.69) is 0 Å². The fourth-order valence-electron chi connectivity index (χ4n) is 1.68. The molecule has 0 N–H and O–H groups in total. The van der Waals surface area contributed by atoms with E-state index in [1.165, 1.54) is 24.1 Å².